The lowest BCUT2D eigenvalue weighted by Crippen LogP contribution is -2.35. The lowest BCUT2D eigenvalue weighted by atomic mass is 9.88. The molecule has 0 fully saturated rings. The molecule has 5 atom stereocenters. The van der Waals surface area contributed by atoms with E-state index in [0.717, 1.165) is 13.8 Å². The van der Waals surface area contributed by atoms with Crippen LogP contribution >= 0.6 is 0 Å². The maximum absolute atomic E-state index is 11.8. The molecule has 0 aliphatic rings. The summed E-state index contributed by atoms with van der Waals surface area (Å²) in [6, 6.07) is 0. The Labute approximate surface area is 851 Å². The van der Waals surface area contributed by atoms with E-state index in [0.29, 0.717) is 79.3 Å². The summed E-state index contributed by atoms with van der Waals surface area (Å²) in [5.74, 6) is -8.49. The molecule has 0 amide bonds. The van der Waals surface area contributed by atoms with Crippen molar-refractivity contribution in [3.63, 3.8) is 0 Å². The van der Waals surface area contributed by atoms with E-state index in [4.69, 9.17) is 81.6 Å². The van der Waals surface area contributed by atoms with Crippen LogP contribution in [0.25, 0.3) is 0 Å². The number of rotatable bonds is 51. The highest BCUT2D eigenvalue weighted by Gasteiger charge is 2.34. The third-order valence-corrected chi connectivity index (χ3v) is 16.2. The Morgan fingerprint density at radius 1 is 0.229 bits per heavy atom. The second-order valence-corrected chi connectivity index (χ2v) is 40.0. The van der Waals surface area contributed by atoms with Crippen LogP contribution in [0.5, 0.6) is 0 Å². The first kappa shape index (κ1) is 152. The topological polar surface area (TPSA) is 605 Å². The number of ketones is 6. The molecule has 0 saturated carbocycles. The van der Waals surface area contributed by atoms with Crippen molar-refractivity contribution in [1.82, 2.24) is 0 Å². The average molecular weight is 2090 g/mol. The number of ether oxygens (including phenoxy) is 22. The van der Waals surface area contributed by atoms with Crippen molar-refractivity contribution in [2.24, 2.45) is 48.7 Å². The van der Waals surface area contributed by atoms with Gasteiger partial charge in [0.2, 0.25) is 0 Å². The highest BCUT2D eigenvalue weighted by atomic mass is 16.7. The first-order valence-electron chi connectivity index (χ1n) is 46.5. The molecule has 0 rings (SSSR count). The maximum atomic E-state index is 11.8. The van der Waals surface area contributed by atoms with E-state index in [1.54, 1.807) is 118 Å². The number of aliphatic hydroxyl groups is 3. The minimum atomic E-state index is -1.18. The Morgan fingerprint density at radius 2 is 0.486 bits per heavy atom. The molecule has 0 aliphatic heterocycles. The van der Waals surface area contributed by atoms with Gasteiger partial charge in [-0.15, -0.1) is 0 Å². The highest BCUT2D eigenvalue weighted by molar-refractivity contribution is 5.91. The largest absolute Gasteiger partial charge is 0.466 e. The van der Waals surface area contributed by atoms with Crippen molar-refractivity contribution in [1.29, 1.82) is 0 Å². The molecular weight excluding hydrogens is 1910 g/mol. The van der Waals surface area contributed by atoms with Crippen LogP contribution in [0.4, 0.5) is 0 Å². The quantitative estimate of drug-likeness (QED) is 0.0294. The molecule has 45 nitrogen and oxygen atoms in total. The zero-order chi connectivity index (χ0) is 115. The number of hydrogen-bond donors (Lipinski definition) is 3. The van der Waals surface area contributed by atoms with E-state index in [9.17, 15) is 95.9 Å². The van der Waals surface area contributed by atoms with Gasteiger partial charge in [0.25, 0.3) is 0 Å². The summed E-state index contributed by atoms with van der Waals surface area (Å²) in [5, 5.41) is 25.5. The number of hydrogen-bond acceptors (Lipinski definition) is 45. The van der Waals surface area contributed by atoms with Crippen LogP contribution < -0.4 is 0 Å². The van der Waals surface area contributed by atoms with Crippen LogP contribution in [-0.4, -0.2) is 350 Å². The molecule has 0 aromatic heterocycles. The van der Waals surface area contributed by atoms with E-state index < -0.39 is 149 Å². The van der Waals surface area contributed by atoms with Gasteiger partial charge >= 0.3 is 83.6 Å². The monoisotopic (exact) mass is 2090 g/mol. The van der Waals surface area contributed by atoms with E-state index in [2.05, 4.69) is 37.9 Å². The Morgan fingerprint density at radius 3 is 0.764 bits per heavy atom. The first-order valence-corrected chi connectivity index (χ1v) is 46.5. The number of carbonyl (C=O) groups excluding carboxylic acids is 20. The molecule has 0 spiro atoms. The van der Waals surface area contributed by atoms with Crippen molar-refractivity contribution in [3.8, 4) is 0 Å². The predicted octanol–water partition coefficient (Wildman–Crippen LogP) is 8.09. The van der Waals surface area contributed by atoms with E-state index >= 15 is 0 Å². The van der Waals surface area contributed by atoms with Gasteiger partial charge in [0, 0.05) is 60.2 Å². The number of aliphatic hydroxyl groups excluding tert-OH is 3. The minimum Gasteiger partial charge on any atom is -0.466 e. The van der Waals surface area contributed by atoms with Gasteiger partial charge in [-0.1, -0.05) is 125 Å². The number of methoxy groups -OCH3 is 1. The van der Waals surface area contributed by atoms with Gasteiger partial charge in [-0.3, -0.25) is 62.3 Å². The SMILES string of the molecule is CC(=O)OCC(=O)OC(C)C(=O)OCC(=O)C(C)(C)C.CC(=O)OCC(=O)OCC(=O)OC(C)C(=O)C(C)(C)C.CC(=O)OCCOCCOCC(=O)C(C)(C)C.CC(=O)OCCOCCOCC(=O)C(C)(C)C.CC(C)(C)C(=O)COCCOCCO.CC(C)(C)C(=O)COCCOCCO.CC(CO)OC(=O)C(C)OC(=O)C(C)(C)C.CCOC(=O)C(C)OC(=O)C(C)(C)C.COC(=O)COC(=O)C(C)(C)C. The lowest BCUT2D eigenvalue weighted by Gasteiger charge is -2.21. The van der Waals surface area contributed by atoms with Gasteiger partial charge in [-0.25, -0.2) is 33.6 Å². The second kappa shape index (κ2) is 82.2. The zero-order valence-electron chi connectivity index (χ0n) is 93.0. The summed E-state index contributed by atoms with van der Waals surface area (Å²) in [6.07, 6.45) is -4.48. The van der Waals surface area contributed by atoms with Gasteiger partial charge in [0.15, 0.2) is 92.1 Å². The third-order valence-electron chi connectivity index (χ3n) is 16.2. The summed E-state index contributed by atoms with van der Waals surface area (Å²) in [6.45, 7) is 64.9. The minimum absolute atomic E-state index is 0.0148. The highest BCUT2D eigenvalue weighted by Crippen LogP contribution is 2.23. The molecule has 0 radical (unpaired) electrons. The van der Waals surface area contributed by atoms with E-state index in [1.807, 2.05) is 83.1 Å². The fourth-order valence-electron chi connectivity index (χ4n) is 6.93. The molecule has 842 valence electrons. The van der Waals surface area contributed by atoms with Crippen LogP contribution in [0.15, 0.2) is 0 Å². The van der Waals surface area contributed by atoms with Crippen molar-refractivity contribution < 1.29 is 215 Å². The number of esters is 14. The van der Waals surface area contributed by atoms with Crippen molar-refractivity contribution in [2.75, 3.05) is 185 Å². The summed E-state index contributed by atoms with van der Waals surface area (Å²) >= 11 is 0. The summed E-state index contributed by atoms with van der Waals surface area (Å²) in [4.78, 5) is 223. The van der Waals surface area contributed by atoms with Gasteiger partial charge in [0.1, 0.15) is 45.7 Å². The smallest absolute Gasteiger partial charge is 0.347 e. The maximum Gasteiger partial charge on any atom is 0.347 e. The van der Waals surface area contributed by atoms with Gasteiger partial charge in [-0.2, -0.15) is 0 Å². The molecule has 45 heteroatoms. The normalized spacial score (nSPS) is 12.2. The van der Waals surface area contributed by atoms with Crippen LogP contribution in [0, 0.1) is 48.7 Å². The molecule has 144 heavy (non-hydrogen) atoms. The average Bonchev–Trinajstić information content (AvgIpc) is 0.870. The van der Waals surface area contributed by atoms with Crippen LogP contribution in [0.2, 0.25) is 0 Å². The second-order valence-electron chi connectivity index (χ2n) is 40.0. The van der Waals surface area contributed by atoms with Crippen molar-refractivity contribution in [3.05, 3.63) is 0 Å². The molecule has 5 unspecified atom stereocenters. The molecular formula is C99H176O45. The van der Waals surface area contributed by atoms with E-state index in [1.165, 1.54) is 48.7 Å². The fraction of sp³-hybridized carbons (Fsp3) is 0.798. The van der Waals surface area contributed by atoms with Crippen molar-refractivity contribution >= 4 is 118 Å². The van der Waals surface area contributed by atoms with Gasteiger partial charge in [0.05, 0.1) is 129 Å². The lowest BCUT2D eigenvalue weighted by molar-refractivity contribution is -0.175. The van der Waals surface area contributed by atoms with Crippen molar-refractivity contribution in [2.45, 2.75) is 287 Å². The Hall–Kier alpha value is -9.84. The van der Waals surface area contributed by atoms with Gasteiger partial charge in [-0.05, 0) is 104 Å². The van der Waals surface area contributed by atoms with Crippen LogP contribution in [0.1, 0.15) is 256 Å². The summed E-state index contributed by atoms with van der Waals surface area (Å²) < 4.78 is 106. The van der Waals surface area contributed by atoms with E-state index in [-0.39, 0.29) is 148 Å². The molecule has 0 aliphatic carbocycles. The molecule has 0 aromatic rings. The number of carbonyl (C=O) groups is 20. The molecule has 0 bridgehead atoms. The Kier molecular flexibility index (Phi) is 86.7. The first-order chi connectivity index (χ1) is 65.5. The molecule has 0 saturated heterocycles. The molecule has 0 aromatic carbocycles. The predicted molar refractivity (Wildman–Crippen MR) is 519 cm³/mol. The molecule has 3 N–H and O–H groups in total. The van der Waals surface area contributed by atoms with Crippen LogP contribution in [0.3, 0.4) is 0 Å². The summed E-state index contributed by atoms with van der Waals surface area (Å²) in [5.41, 5.74) is -4.49. The third kappa shape index (κ3) is 101. The standard InChI is InChI=1S/2C13H20O7.2C12H22O5.C11H20O5.C10H18O4.2C10H20O4.C8H14O4/c1-8(12(17)13(3,4)5)20-11(16)7-19-10(15)6-18-9(2)14;1-8(20-11(16)7-18-9(2)14)12(17)19-6-10(15)13(3,4)5;2*1-10(13)17-8-7-15-5-6-16-9-11(14)12(2,3)4;1-7(6-12)15-9(13)8(2)16-10(14)11(3,4)5;1-6-13-8(11)7(2)14-9(12)10(3,4)5;2*1-10(2,3)9(12)8-14-7-6-13-5-4-11;1-8(2,3)7(10)12-5-6(9)11-4/h2*8H,6-7H2,1-5H3;2*5-9H2,1-4H3;7-8,12H,6H2,1-5H3;7H,6H2,1-5H3;2*11H,4-8H2,1-3H3;5H2,1-4H3. The van der Waals surface area contributed by atoms with Crippen LogP contribution in [-0.2, 0) is 200 Å². The Balaban J connectivity index is -0.000000204. The number of Topliss-reactive ketones (excluding diaryl/α,β-unsaturated/α-hetero) is 6. The zero-order valence-corrected chi connectivity index (χ0v) is 93.0. The Bertz CT molecular complexity index is 3630. The molecule has 0 heterocycles. The van der Waals surface area contributed by atoms with Gasteiger partial charge < -0.3 is 120 Å². The summed E-state index contributed by atoms with van der Waals surface area (Å²) in [7, 11) is 1.24. The fourth-order valence-corrected chi connectivity index (χ4v) is 6.93.